The third-order valence-corrected chi connectivity index (χ3v) is 4.30. The molecule has 0 N–H and O–H groups in total. The molecule has 9 nitrogen and oxygen atoms in total. The monoisotopic (exact) mass is 431 g/mol. The molecule has 1 saturated heterocycles. The van der Waals surface area contributed by atoms with Gasteiger partial charge in [-0.15, -0.1) is 4.98 Å². The second kappa shape index (κ2) is 13.0. The topological polar surface area (TPSA) is 94.1 Å². The van der Waals surface area contributed by atoms with Crippen molar-refractivity contribution in [1.82, 2.24) is 15.0 Å². The number of nitrogens with zero attached hydrogens (tertiary/aromatic N) is 3. The number of ether oxygens (including phenoxy) is 6. The average molecular weight is 431 g/mol. The lowest BCUT2D eigenvalue weighted by molar-refractivity contribution is -0.0781. The highest BCUT2D eigenvalue weighted by atomic mass is 16.6. The fraction of sp³-hybridized carbons (Fsp3) is 0.500. The Morgan fingerprint density at radius 3 is 2.23 bits per heavy atom. The lowest BCUT2D eigenvalue weighted by atomic mass is 10.1. The summed E-state index contributed by atoms with van der Waals surface area (Å²) >= 11 is 0. The van der Waals surface area contributed by atoms with Crippen molar-refractivity contribution in [3.63, 3.8) is 0 Å². The summed E-state index contributed by atoms with van der Waals surface area (Å²) in [6.07, 6.45) is 1.48. The average Bonchev–Trinajstić information content (AvgIpc) is 2.79. The maximum atomic E-state index is 5.83. The fourth-order valence-electron chi connectivity index (χ4n) is 2.73. The van der Waals surface area contributed by atoms with Crippen LogP contribution in [0.5, 0.6) is 12.0 Å². The van der Waals surface area contributed by atoms with Gasteiger partial charge in [-0.3, -0.25) is 0 Å². The molecule has 3 rings (SSSR count). The minimum Gasteiger partial charge on any atom is -0.464 e. The molecule has 1 aliphatic rings. The van der Waals surface area contributed by atoms with E-state index in [2.05, 4.69) is 21.5 Å². The molecular weight excluding hydrogens is 402 g/mol. The Morgan fingerprint density at radius 1 is 0.903 bits per heavy atom. The van der Waals surface area contributed by atoms with Gasteiger partial charge >= 0.3 is 12.0 Å². The first-order valence-electron chi connectivity index (χ1n) is 10.4. The molecule has 1 unspecified atom stereocenters. The number of aromatic nitrogens is 3. The van der Waals surface area contributed by atoms with Crippen LogP contribution in [0.25, 0.3) is 17.5 Å². The van der Waals surface area contributed by atoms with Crippen LogP contribution in [0.3, 0.4) is 0 Å². The van der Waals surface area contributed by atoms with Gasteiger partial charge in [0.1, 0.15) is 12.7 Å². The van der Waals surface area contributed by atoms with E-state index in [0.29, 0.717) is 58.7 Å². The molecule has 0 radical (unpaired) electrons. The first-order valence-corrected chi connectivity index (χ1v) is 10.4. The van der Waals surface area contributed by atoms with Gasteiger partial charge in [0, 0.05) is 5.56 Å². The molecule has 1 fully saturated rings. The summed E-state index contributed by atoms with van der Waals surface area (Å²) in [4.78, 5) is 13.1. The summed E-state index contributed by atoms with van der Waals surface area (Å²) in [5.41, 5.74) is 1.83. The second-order valence-electron chi connectivity index (χ2n) is 6.59. The van der Waals surface area contributed by atoms with Crippen LogP contribution in [0.4, 0.5) is 0 Å². The van der Waals surface area contributed by atoms with Gasteiger partial charge in [0.15, 0.2) is 5.82 Å². The number of hydrogen-bond acceptors (Lipinski definition) is 9. The van der Waals surface area contributed by atoms with Crippen LogP contribution >= 0.6 is 0 Å². The van der Waals surface area contributed by atoms with Crippen molar-refractivity contribution in [1.29, 1.82) is 0 Å². The smallest absolute Gasteiger partial charge is 0.323 e. The minimum absolute atomic E-state index is 0.163. The zero-order valence-electron chi connectivity index (χ0n) is 17.8. The SMILES string of the molecule is C=Cc1ccc(-c2nc(OCC)nc(OCC3COCCOCCOCCO3)n2)cc1. The number of benzene rings is 1. The normalized spacial score (nSPS) is 18.4. The molecule has 2 heterocycles. The first kappa shape index (κ1) is 23.1. The highest BCUT2D eigenvalue weighted by molar-refractivity contribution is 5.59. The van der Waals surface area contributed by atoms with Crippen molar-refractivity contribution in [2.75, 3.05) is 59.5 Å². The molecule has 1 aromatic heterocycles. The van der Waals surface area contributed by atoms with Crippen molar-refractivity contribution >= 4 is 6.08 Å². The van der Waals surface area contributed by atoms with Crippen molar-refractivity contribution in [3.8, 4) is 23.4 Å². The largest absolute Gasteiger partial charge is 0.464 e. The molecule has 168 valence electrons. The third-order valence-electron chi connectivity index (χ3n) is 4.30. The molecule has 1 aliphatic heterocycles. The Kier molecular flexibility index (Phi) is 9.65. The molecule has 9 heteroatoms. The maximum absolute atomic E-state index is 5.83. The van der Waals surface area contributed by atoms with E-state index in [-0.39, 0.29) is 24.7 Å². The summed E-state index contributed by atoms with van der Waals surface area (Å²) in [5, 5.41) is 0. The Bertz CT molecular complexity index is 790. The van der Waals surface area contributed by atoms with Gasteiger partial charge in [-0.2, -0.15) is 9.97 Å². The highest BCUT2D eigenvalue weighted by Gasteiger charge is 2.15. The van der Waals surface area contributed by atoms with E-state index < -0.39 is 0 Å². The molecule has 0 aliphatic carbocycles. The quantitative estimate of drug-likeness (QED) is 0.655. The van der Waals surface area contributed by atoms with Crippen molar-refractivity contribution in [2.45, 2.75) is 13.0 Å². The van der Waals surface area contributed by atoms with Crippen LogP contribution in [0.1, 0.15) is 12.5 Å². The Hall–Kier alpha value is -2.59. The summed E-state index contributed by atoms with van der Waals surface area (Å²) in [7, 11) is 0. The number of hydrogen-bond donors (Lipinski definition) is 0. The summed E-state index contributed by atoms with van der Waals surface area (Å²) in [5.74, 6) is 0.463. The van der Waals surface area contributed by atoms with Crippen LogP contribution in [0.15, 0.2) is 30.8 Å². The predicted molar refractivity (Wildman–Crippen MR) is 114 cm³/mol. The molecule has 2 aromatic rings. The van der Waals surface area contributed by atoms with Gasteiger partial charge in [0.05, 0.1) is 52.9 Å². The van der Waals surface area contributed by atoms with E-state index in [9.17, 15) is 0 Å². The van der Waals surface area contributed by atoms with Gasteiger partial charge < -0.3 is 28.4 Å². The molecule has 0 amide bonds. The summed E-state index contributed by atoms with van der Waals surface area (Å²) < 4.78 is 33.6. The molecule has 1 atom stereocenters. The van der Waals surface area contributed by atoms with Crippen LogP contribution < -0.4 is 9.47 Å². The van der Waals surface area contributed by atoms with Crippen LogP contribution in [0, 0.1) is 0 Å². The van der Waals surface area contributed by atoms with Gasteiger partial charge in [-0.05, 0) is 12.5 Å². The van der Waals surface area contributed by atoms with Gasteiger partial charge in [-0.1, -0.05) is 36.9 Å². The molecule has 31 heavy (non-hydrogen) atoms. The van der Waals surface area contributed by atoms with Gasteiger partial charge in [-0.25, -0.2) is 0 Å². The van der Waals surface area contributed by atoms with Crippen LogP contribution in [0.2, 0.25) is 0 Å². The fourth-order valence-corrected chi connectivity index (χ4v) is 2.73. The van der Waals surface area contributed by atoms with Crippen molar-refractivity contribution in [2.24, 2.45) is 0 Å². The molecule has 0 spiro atoms. The van der Waals surface area contributed by atoms with Gasteiger partial charge in [0.2, 0.25) is 0 Å². The van der Waals surface area contributed by atoms with E-state index in [1.54, 1.807) is 6.08 Å². The van der Waals surface area contributed by atoms with Crippen LogP contribution in [-0.4, -0.2) is 80.5 Å². The standard InChI is InChI=1S/C22H29N3O6/c1-3-17-5-7-18(8-6-17)20-23-21(29-4-2)25-22(24-20)31-16-19-15-28-12-11-26-9-10-27-13-14-30-19/h3,5-8,19H,1,4,9-16H2,2H3. The van der Waals surface area contributed by atoms with E-state index in [4.69, 9.17) is 28.4 Å². The molecule has 0 saturated carbocycles. The Morgan fingerprint density at radius 2 is 1.55 bits per heavy atom. The zero-order valence-corrected chi connectivity index (χ0v) is 17.8. The van der Waals surface area contributed by atoms with Crippen molar-refractivity contribution < 1.29 is 28.4 Å². The maximum Gasteiger partial charge on any atom is 0.323 e. The summed E-state index contributed by atoms with van der Waals surface area (Å²) in [6, 6.07) is 8.08. The van der Waals surface area contributed by atoms with E-state index in [1.807, 2.05) is 31.2 Å². The van der Waals surface area contributed by atoms with Crippen molar-refractivity contribution in [3.05, 3.63) is 36.4 Å². The lowest BCUT2D eigenvalue weighted by Crippen LogP contribution is -2.30. The first-order chi connectivity index (χ1) is 15.3. The van der Waals surface area contributed by atoms with Crippen LogP contribution in [-0.2, 0) is 18.9 Å². The lowest BCUT2D eigenvalue weighted by Gasteiger charge is -2.19. The predicted octanol–water partition coefficient (Wildman–Crippen LogP) is 2.41. The minimum atomic E-state index is -0.300. The van der Waals surface area contributed by atoms with Gasteiger partial charge in [0.25, 0.3) is 0 Å². The zero-order chi connectivity index (χ0) is 21.7. The molecule has 1 aromatic carbocycles. The van der Waals surface area contributed by atoms with E-state index in [1.165, 1.54) is 0 Å². The molecule has 0 bridgehead atoms. The number of rotatable bonds is 7. The summed E-state index contributed by atoms with van der Waals surface area (Å²) in [6.45, 7) is 9.62. The van der Waals surface area contributed by atoms with E-state index in [0.717, 1.165) is 11.1 Å². The highest BCUT2D eigenvalue weighted by Crippen LogP contribution is 2.21. The Balaban J connectivity index is 1.67. The molecular formula is C22H29N3O6. The Labute approximate surface area is 182 Å². The second-order valence-corrected chi connectivity index (χ2v) is 6.59. The van der Waals surface area contributed by atoms with E-state index >= 15 is 0 Å². The third kappa shape index (κ3) is 7.87.